The van der Waals surface area contributed by atoms with Crippen molar-refractivity contribution in [2.24, 2.45) is 4.99 Å². The lowest BCUT2D eigenvalue weighted by Gasteiger charge is -2.26. The van der Waals surface area contributed by atoms with E-state index in [-0.39, 0.29) is 36.4 Å². The number of carbonyl (C=O) groups excluding carboxylic acids is 1. The van der Waals surface area contributed by atoms with E-state index >= 15 is 0 Å². The molecule has 0 spiro atoms. The number of amides is 1. The molecule has 2 N–H and O–H groups in total. The summed E-state index contributed by atoms with van der Waals surface area (Å²) >= 11 is 0. The number of aryl methyl sites for hydroxylation is 1. The maximum atomic E-state index is 11.9. The summed E-state index contributed by atoms with van der Waals surface area (Å²) in [6, 6.07) is 8.36. The largest absolute Gasteiger partial charge is 0.379 e. The minimum Gasteiger partial charge on any atom is -0.379 e. The van der Waals surface area contributed by atoms with E-state index in [9.17, 15) is 4.79 Å². The number of benzene rings is 1. The molecule has 8 heteroatoms. The van der Waals surface area contributed by atoms with Gasteiger partial charge in [-0.2, -0.15) is 0 Å². The van der Waals surface area contributed by atoms with Crippen molar-refractivity contribution in [1.29, 1.82) is 0 Å². The molecule has 0 aromatic heterocycles. The number of nitrogens with one attached hydrogen (secondary N) is 2. The topological polar surface area (TPSA) is 69.2 Å². The van der Waals surface area contributed by atoms with Gasteiger partial charge >= 0.3 is 0 Å². The van der Waals surface area contributed by atoms with Gasteiger partial charge in [0.05, 0.1) is 26.3 Å². The summed E-state index contributed by atoms with van der Waals surface area (Å²) < 4.78 is 5.39. The molecule has 0 bridgehead atoms. The summed E-state index contributed by atoms with van der Waals surface area (Å²) in [4.78, 5) is 20.6. The number of hydrogen-bond acceptors (Lipinski definition) is 4. The van der Waals surface area contributed by atoms with Gasteiger partial charge in [0.15, 0.2) is 5.96 Å². The van der Waals surface area contributed by atoms with Crippen LogP contribution in [0.4, 0.5) is 0 Å². The first-order chi connectivity index (χ1) is 13.6. The molecule has 1 saturated heterocycles. The van der Waals surface area contributed by atoms with Crippen molar-refractivity contribution in [2.45, 2.75) is 26.3 Å². The van der Waals surface area contributed by atoms with Gasteiger partial charge in [-0.05, 0) is 30.5 Å². The number of guanidine groups is 1. The molecule has 1 amide bonds. The number of hydrogen-bond donors (Lipinski definition) is 2. The average molecular weight is 517 g/mol. The van der Waals surface area contributed by atoms with E-state index < -0.39 is 0 Å². The molecule has 7 nitrogen and oxygen atoms in total. The summed E-state index contributed by atoms with van der Waals surface area (Å²) in [5.74, 6) is 0.708. The van der Waals surface area contributed by atoms with Gasteiger partial charge in [0, 0.05) is 33.7 Å². The lowest BCUT2D eigenvalue weighted by atomic mass is 10.1. The Bertz CT molecular complexity index is 633. The second kappa shape index (κ2) is 14.6. The summed E-state index contributed by atoms with van der Waals surface area (Å²) in [6.45, 7) is 8.50. The van der Waals surface area contributed by atoms with Crippen LogP contribution in [0.25, 0.3) is 0 Å². The zero-order valence-corrected chi connectivity index (χ0v) is 20.3. The summed E-state index contributed by atoms with van der Waals surface area (Å²) in [6.07, 6.45) is 2.01. The fraction of sp³-hybridized carbons (Fsp3) is 0.619. The maximum absolute atomic E-state index is 11.9. The highest BCUT2D eigenvalue weighted by Gasteiger charge is 2.10. The van der Waals surface area contributed by atoms with Crippen LogP contribution >= 0.6 is 24.0 Å². The third-order valence-electron chi connectivity index (χ3n) is 4.86. The van der Waals surface area contributed by atoms with Crippen LogP contribution in [-0.2, 0) is 22.5 Å². The van der Waals surface area contributed by atoms with E-state index in [1.54, 1.807) is 19.0 Å². The highest BCUT2D eigenvalue weighted by molar-refractivity contribution is 14.0. The summed E-state index contributed by atoms with van der Waals surface area (Å²) in [7, 11) is 3.52. The van der Waals surface area contributed by atoms with Gasteiger partial charge in [0.2, 0.25) is 5.91 Å². The summed E-state index contributed by atoms with van der Waals surface area (Å²) in [5, 5.41) is 6.53. The number of rotatable bonds is 9. The SMILES string of the molecule is CCc1ccccc1CN=C(NCCCN1CCOCC1)NCC(=O)N(C)C.I. The normalized spacial score (nSPS) is 14.8. The monoisotopic (exact) mass is 517 g/mol. The highest BCUT2D eigenvalue weighted by atomic mass is 127. The molecular formula is C21H36IN5O2. The van der Waals surface area contributed by atoms with Gasteiger partial charge in [-0.15, -0.1) is 24.0 Å². The molecule has 0 unspecified atom stereocenters. The van der Waals surface area contributed by atoms with Crippen LogP contribution in [0.5, 0.6) is 0 Å². The second-order valence-electron chi connectivity index (χ2n) is 7.16. The van der Waals surface area contributed by atoms with Crippen molar-refractivity contribution in [1.82, 2.24) is 20.4 Å². The standard InChI is InChI=1S/C21H35N5O2.HI/c1-4-18-8-5-6-9-19(18)16-23-21(24-17-20(27)25(2)3)22-10-7-11-26-12-14-28-15-13-26;/h5-6,8-9H,4,7,10-17H2,1-3H3,(H2,22,23,24);1H. The van der Waals surface area contributed by atoms with Crippen molar-refractivity contribution in [2.75, 3.05) is 60.0 Å². The first-order valence-electron chi connectivity index (χ1n) is 10.2. The van der Waals surface area contributed by atoms with Crippen LogP contribution in [0.15, 0.2) is 29.3 Å². The first kappa shape index (κ1) is 25.6. The highest BCUT2D eigenvalue weighted by Crippen LogP contribution is 2.10. The van der Waals surface area contributed by atoms with E-state index in [0.717, 1.165) is 52.2 Å². The van der Waals surface area contributed by atoms with Crippen LogP contribution in [0.2, 0.25) is 0 Å². The third-order valence-corrected chi connectivity index (χ3v) is 4.86. The first-order valence-corrected chi connectivity index (χ1v) is 10.2. The van der Waals surface area contributed by atoms with Crippen molar-refractivity contribution >= 4 is 35.8 Å². The number of halogens is 1. The molecule has 2 rings (SSSR count). The number of carbonyl (C=O) groups is 1. The minimum atomic E-state index is 0. The molecule has 0 atom stereocenters. The van der Waals surface area contributed by atoms with E-state index in [1.165, 1.54) is 11.1 Å². The van der Waals surface area contributed by atoms with E-state index in [4.69, 9.17) is 9.73 Å². The van der Waals surface area contributed by atoms with Gasteiger partial charge in [-0.3, -0.25) is 9.69 Å². The summed E-state index contributed by atoms with van der Waals surface area (Å²) in [5.41, 5.74) is 2.53. The molecular weight excluding hydrogens is 481 g/mol. The van der Waals surface area contributed by atoms with Crippen LogP contribution in [0, 0.1) is 0 Å². The predicted octanol–water partition coefficient (Wildman–Crippen LogP) is 1.71. The van der Waals surface area contributed by atoms with Crippen molar-refractivity contribution in [3.05, 3.63) is 35.4 Å². The van der Waals surface area contributed by atoms with Gasteiger partial charge in [0.25, 0.3) is 0 Å². The van der Waals surface area contributed by atoms with Crippen molar-refractivity contribution in [3.63, 3.8) is 0 Å². The molecule has 1 aliphatic heterocycles. The fourth-order valence-corrected chi connectivity index (χ4v) is 3.05. The number of ether oxygens (including phenoxy) is 1. The van der Waals surface area contributed by atoms with Crippen LogP contribution < -0.4 is 10.6 Å². The zero-order chi connectivity index (χ0) is 20.2. The number of morpholine rings is 1. The zero-order valence-electron chi connectivity index (χ0n) is 17.9. The average Bonchev–Trinajstić information content (AvgIpc) is 2.73. The smallest absolute Gasteiger partial charge is 0.241 e. The molecule has 0 radical (unpaired) electrons. The molecule has 0 saturated carbocycles. The van der Waals surface area contributed by atoms with Gasteiger partial charge in [-0.25, -0.2) is 4.99 Å². The molecule has 29 heavy (non-hydrogen) atoms. The Labute approximate surface area is 192 Å². The van der Waals surface area contributed by atoms with Crippen LogP contribution in [-0.4, -0.2) is 81.7 Å². The Morgan fingerprint density at radius 3 is 2.52 bits per heavy atom. The van der Waals surface area contributed by atoms with Crippen molar-refractivity contribution in [3.8, 4) is 0 Å². The van der Waals surface area contributed by atoms with Gasteiger partial charge < -0.3 is 20.3 Å². The van der Waals surface area contributed by atoms with E-state index in [0.29, 0.717) is 12.5 Å². The Morgan fingerprint density at radius 1 is 1.17 bits per heavy atom. The minimum absolute atomic E-state index is 0. The number of nitrogens with zero attached hydrogens (tertiary/aromatic N) is 3. The Hall–Kier alpha value is -1.39. The quantitative estimate of drug-likeness (QED) is 0.226. The molecule has 0 aliphatic carbocycles. The fourth-order valence-electron chi connectivity index (χ4n) is 3.05. The van der Waals surface area contributed by atoms with Gasteiger partial charge in [-0.1, -0.05) is 31.2 Å². The maximum Gasteiger partial charge on any atom is 0.241 e. The predicted molar refractivity (Wildman–Crippen MR) is 129 cm³/mol. The molecule has 1 aromatic carbocycles. The third kappa shape index (κ3) is 9.77. The number of aliphatic imine (C=N–C) groups is 1. The van der Waals surface area contributed by atoms with E-state index in [2.05, 4.69) is 40.7 Å². The lowest BCUT2D eigenvalue weighted by molar-refractivity contribution is -0.127. The molecule has 1 heterocycles. The molecule has 1 aliphatic rings. The Balaban J connectivity index is 0.00000420. The molecule has 1 aromatic rings. The second-order valence-corrected chi connectivity index (χ2v) is 7.16. The Kier molecular flexibility index (Phi) is 12.9. The van der Waals surface area contributed by atoms with Crippen LogP contribution in [0.1, 0.15) is 24.5 Å². The van der Waals surface area contributed by atoms with Gasteiger partial charge in [0.1, 0.15) is 0 Å². The molecule has 164 valence electrons. The number of likely N-dealkylation sites (N-methyl/N-ethyl adjacent to an activating group) is 1. The van der Waals surface area contributed by atoms with Crippen LogP contribution in [0.3, 0.4) is 0 Å². The lowest BCUT2D eigenvalue weighted by Crippen LogP contribution is -2.44. The van der Waals surface area contributed by atoms with Crippen molar-refractivity contribution < 1.29 is 9.53 Å². The molecule has 1 fully saturated rings. The van der Waals surface area contributed by atoms with E-state index in [1.807, 2.05) is 6.07 Å². The Morgan fingerprint density at radius 2 is 1.86 bits per heavy atom.